The molecule has 0 bridgehead atoms. The largest absolute Gasteiger partial charge is 0.481 e. The number of halogens is 1. The van der Waals surface area contributed by atoms with Crippen LogP contribution in [0, 0.1) is 0 Å². The van der Waals surface area contributed by atoms with Crippen molar-refractivity contribution in [3.05, 3.63) is 70.0 Å². The van der Waals surface area contributed by atoms with Gasteiger partial charge in [0, 0.05) is 61.1 Å². The summed E-state index contributed by atoms with van der Waals surface area (Å²) in [6, 6.07) is 7.64. The number of amides is 1. The number of ketones is 1. The first kappa shape index (κ1) is 25.7. The predicted octanol–water partition coefficient (Wildman–Crippen LogP) is 5.54. The third-order valence-electron chi connectivity index (χ3n) is 6.28. The van der Waals surface area contributed by atoms with Crippen molar-refractivity contribution in [2.75, 3.05) is 27.4 Å². The minimum atomic E-state index is -0.310. The summed E-state index contributed by atoms with van der Waals surface area (Å²) in [5.74, 6) is 0.192. The number of benzene rings is 1. The van der Waals surface area contributed by atoms with Gasteiger partial charge in [-0.25, -0.2) is 4.98 Å². The SMILES string of the molecule is COCC1=C(CNC(=O)c2cc(-c3ccc(OC)nc3)cc3c2c(Cl)cn3C(C)C)C(=O)CC(C)=C1. The lowest BCUT2D eigenvalue weighted by Gasteiger charge is -2.18. The van der Waals surface area contributed by atoms with Gasteiger partial charge in [0.05, 0.1) is 29.8 Å². The number of hydrogen-bond acceptors (Lipinski definition) is 5. The Morgan fingerprint density at radius 1 is 1.22 bits per heavy atom. The number of methoxy groups -OCH3 is 2. The lowest BCUT2D eigenvalue weighted by molar-refractivity contribution is -0.115. The first-order chi connectivity index (χ1) is 17.2. The number of carbonyl (C=O) groups is 2. The van der Waals surface area contributed by atoms with Crippen LogP contribution in [0.25, 0.3) is 22.0 Å². The standard InChI is InChI=1S/C28H30ClN3O4/c1-16(2)32-14-23(29)27-21(10-19(11-24(27)32)18-6-7-26(36-5)30-12-18)28(34)31-13-22-20(15-35-4)8-17(3)9-25(22)33/h6-8,10-12,14,16H,9,13,15H2,1-5H3,(H,31,34). The molecule has 36 heavy (non-hydrogen) atoms. The Morgan fingerprint density at radius 3 is 2.64 bits per heavy atom. The summed E-state index contributed by atoms with van der Waals surface area (Å²) in [7, 11) is 3.15. The van der Waals surface area contributed by atoms with Crippen LogP contribution in [0.4, 0.5) is 0 Å². The number of fused-ring (bicyclic) bond motifs is 1. The van der Waals surface area contributed by atoms with Gasteiger partial charge in [0.2, 0.25) is 5.88 Å². The van der Waals surface area contributed by atoms with Gasteiger partial charge in [0.25, 0.3) is 5.91 Å². The maximum atomic E-state index is 13.6. The van der Waals surface area contributed by atoms with E-state index in [0.717, 1.165) is 27.8 Å². The van der Waals surface area contributed by atoms with Crippen LogP contribution in [0.5, 0.6) is 5.88 Å². The van der Waals surface area contributed by atoms with Crippen LogP contribution < -0.4 is 10.1 Å². The Bertz CT molecular complexity index is 1380. The van der Waals surface area contributed by atoms with E-state index in [1.807, 2.05) is 42.0 Å². The first-order valence-corrected chi connectivity index (χ1v) is 12.1. The number of rotatable bonds is 8. The Kier molecular flexibility index (Phi) is 7.62. The fourth-order valence-electron chi connectivity index (χ4n) is 4.52. The van der Waals surface area contributed by atoms with Crippen LogP contribution >= 0.6 is 11.6 Å². The highest BCUT2D eigenvalue weighted by Crippen LogP contribution is 2.35. The molecule has 0 fully saturated rings. The molecule has 0 unspecified atom stereocenters. The van der Waals surface area contributed by atoms with Crippen molar-refractivity contribution in [2.45, 2.75) is 33.2 Å². The Labute approximate surface area is 215 Å². The topological polar surface area (TPSA) is 82.4 Å². The number of nitrogens with one attached hydrogen (secondary N) is 1. The van der Waals surface area contributed by atoms with Crippen molar-refractivity contribution in [3.63, 3.8) is 0 Å². The second-order valence-electron chi connectivity index (χ2n) is 9.20. The van der Waals surface area contributed by atoms with Crippen molar-refractivity contribution in [2.24, 2.45) is 0 Å². The number of ether oxygens (including phenoxy) is 2. The number of hydrogen-bond donors (Lipinski definition) is 1. The number of nitrogens with zero attached hydrogens (tertiary/aromatic N) is 2. The molecule has 8 heteroatoms. The summed E-state index contributed by atoms with van der Waals surface area (Å²) in [6.07, 6.45) is 5.86. The van der Waals surface area contributed by atoms with Crippen LogP contribution in [0.1, 0.15) is 43.6 Å². The summed E-state index contributed by atoms with van der Waals surface area (Å²) in [5.41, 5.74) is 5.28. The van der Waals surface area contributed by atoms with Crippen molar-refractivity contribution in [3.8, 4) is 17.0 Å². The normalized spacial score (nSPS) is 14.0. The zero-order valence-corrected chi connectivity index (χ0v) is 21.9. The Hall–Kier alpha value is -3.42. The molecule has 1 aliphatic rings. The Morgan fingerprint density at radius 2 is 2.00 bits per heavy atom. The third-order valence-corrected chi connectivity index (χ3v) is 6.56. The molecule has 0 spiro atoms. The fraction of sp³-hybridized carbons (Fsp3) is 0.321. The highest BCUT2D eigenvalue weighted by atomic mass is 35.5. The zero-order chi connectivity index (χ0) is 26.0. The Balaban J connectivity index is 1.77. The molecule has 3 aromatic rings. The van der Waals surface area contributed by atoms with E-state index < -0.39 is 0 Å². The second kappa shape index (κ2) is 10.7. The number of carbonyl (C=O) groups excluding carboxylic acids is 2. The molecular weight excluding hydrogens is 478 g/mol. The molecule has 0 atom stereocenters. The summed E-state index contributed by atoms with van der Waals surface area (Å²) < 4.78 is 12.5. The van der Waals surface area contributed by atoms with Crippen molar-refractivity contribution >= 4 is 34.2 Å². The summed E-state index contributed by atoms with van der Waals surface area (Å²) in [6.45, 7) is 6.46. The zero-order valence-electron chi connectivity index (χ0n) is 21.1. The lowest BCUT2D eigenvalue weighted by Crippen LogP contribution is -2.30. The molecule has 0 saturated heterocycles. The van der Waals surface area contributed by atoms with Gasteiger partial charge in [-0.15, -0.1) is 0 Å². The minimum absolute atomic E-state index is 0.00505. The second-order valence-corrected chi connectivity index (χ2v) is 9.60. The predicted molar refractivity (Wildman–Crippen MR) is 142 cm³/mol. The molecule has 2 heterocycles. The monoisotopic (exact) mass is 507 g/mol. The van der Waals surface area contributed by atoms with Crippen molar-refractivity contribution in [1.29, 1.82) is 0 Å². The highest BCUT2D eigenvalue weighted by Gasteiger charge is 2.23. The van der Waals surface area contributed by atoms with Gasteiger partial charge in [-0.05, 0) is 50.1 Å². The molecule has 1 N–H and O–H groups in total. The first-order valence-electron chi connectivity index (χ1n) is 11.8. The van der Waals surface area contributed by atoms with Gasteiger partial charge < -0.3 is 19.4 Å². The molecule has 0 aliphatic heterocycles. The summed E-state index contributed by atoms with van der Waals surface area (Å²) in [4.78, 5) is 30.6. The lowest BCUT2D eigenvalue weighted by atomic mass is 9.92. The van der Waals surface area contributed by atoms with Gasteiger partial charge in [0.15, 0.2) is 5.78 Å². The minimum Gasteiger partial charge on any atom is -0.481 e. The van der Waals surface area contributed by atoms with Crippen LogP contribution in [-0.2, 0) is 9.53 Å². The van der Waals surface area contributed by atoms with Gasteiger partial charge in [-0.1, -0.05) is 23.3 Å². The van der Waals surface area contributed by atoms with E-state index in [9.17, 15) is 9.59 Å². The molecule has 7 nitrogen and oxygen atoms in total. The van der Waals surface area contributed by atoms with Crippen molar-refractivity contribution < 1.29 is 19.1 Å². The molecule has 0 radical (unpaired) electrons. The van der Waals surface area contributed by atoms with Crippen LogP contribution in [0.3, 0.4) is 0 Å². The molecular formula is C28H30ClN3O4. The van der Waals surface area contributed by atoms with Gasteiger partial charge >= 0.3 is 0 Å². The number of pyridine rings is 1. The number of aromatic nitrogens is 2. The van der Waals surface area contributed by atoms with E-state index >= 15 is 0 Å². The van der Waals surface area contributed by atoms with E-state index in [-0.39, 0.29) is 24.3 Å². The van der Waals surface area contributed by atoms with Gasteiger partial charge in [0.1, 0.15) is 0 Å². The molecule has 1 amide bonds. The average molecular weight is 508 g/mol. The molecule has 2 aromatic heterocycles. The molecule has 1 aliphatic carbocycles. The molecule has 188 valence electrons. The smallest absolute Gasteiger partial charge is 0.252 e. The van der Waals surface area contributed by atoms with E-state index in [0.29, 0.717) is 40.5 Å². The maximum absolute atomic E-state index is 13.6. The van der Waals surface area contributed by atoms with Crippen LogP contribution in [0.15, 0.2) is 59.5 Å². The third kappa shape index (κ3) is 5.08. The highest BCUT2D eigenvalue weighted by molar-refractivity contribution is 6.37. The van der Waals surface area contributed by atoms with Crippen molar-refractivity contribution in [1.82, 2.24) is 14.9 Å². The number of allylic oxidation sites excluding steroid dienone is 1. The van der Waals surface area contributed by atoms with Gasteiger partial charge in [-0.3, -0.25) is 9.59 Å². The maximum Gasteiger partial charge on any atom is 0.252 e. The fourth-order valence-corrected chi connectivity index (χ4v) is 4.82. The molecule has 0 saturated carbocycles. The molecule has 1 aromatic carbocycles. The average Bonchev–Trinajstić information content (AvgIpc) is 3.19. The summed E-state index contributed by atoms with van der Waals surface area (Å²) in [5, 5.41) is 4.12. The van der Waals surface area contributed by atoms with Crippen LogP contribution in [0.2, 0.25) is 5.02 Å². The van der Waals surface area contributed by atoms with E-state index in [1.165, 1.54) is 0 Å². The van der Waals surface area contributed by atoms with Gasteiger partial charge in [-0.2, -0.15) is 0 Å². The quantitative estimate of drug-likeness (QED) is 0.433. The van der Waals surface area contributed by atoms with Crippen LogP contribution in [-0.4, -0.2) is 48.6 Å². The summed E-state index contributed by atoms with van der Waals surface area (Å²) >= 11 is 6.64. The number of Topliss-reactive ketones (excluding diaryl/α,β-unsaturated/α-hetero) is 1. The van der Waals surface area contributed by atoms with E-state index in [2.05, 4.69) is 24.1 Å². The molecule has 4 rings (SSSR count). The van der Waals surface area contributed by atoms with E-state index in [1.54, 1.807) is 26.5 Å². The van der Waals surface area contributed by atoms with E-state index in [4.69, 9.17) is 21.1 Å².